The number of ether oxygens (including phenoxy) is 1. The summed E-state index contributed by atoms with van der Waals surface area (Å²) in [6, 6.07) is 0. The molecule has 0 aromatic heterocycles. The summed E-state index contributed by atoms with van der Waals surface area (Å²) < 4.78 is 4.96. The van der Waals surface area contributed by atoms with Crippen molar-refractivity contribution in [2.24, 2.45) is 5.73 Å². The third-order valence-electron chi connectivity index (χ3n) is 1.97. The highest BCUT2D eigenvalue weighted by molar-refractivity contribution is 4.83. The fourth-order valence-corrected chi connectivity index (χ4v) is 0.948. The van der Waals surface area contributed by atoms with Crippen LogP contribution >= 0.6 is 0 Å². The highest BCUT2D eigenvalue weighted by Gasteiger charge is 2.20. The fraction of sp³-hybridized carbons (Fsp3) is 1.00. The first-order valence-electron chi connectivity index (χ1n) is 4.23. The quantitative estimate of drug-likeness (QED) is 0.481. The molecule has 0 aromatic carbocycles. The van der Waals surface area contributed by atoms with E-state index in [-0.39, 0.29) is 12.1 Å². The second kappa shape index (κ2) is 6.37. The van der Waals surface area contributed by atoms with E-state index in [1.807, 2.05) is 6.92 Å². The first-order chi connectivity index (χ1) is 5.68. The van der Waals surface area contributed by atoms with Gasteiger partial charge in [-0.1, -0.05) is 0 Å². The monoisotopic (exact) mass is 176 g/mol. The summed E-state index contributed by atoms with van der Waals surface area (Å²) in [5.41, 5.74) is 5.48. The van der Waals surface area contributed by atoms with E-state index < -0.39 is 0 Å². The van der Waals surface area contributed by atoms with Crippen LogP contribution in [0.1, 0.15) is 13.3 Å². The zero-order valence-electron chi connectivity index (χ0n) is 7.97. The zero-order valence-corrected chi connectivity index (χ0v) is 7.97. The molecule has 0 bridgehead atoms. The smallest absolute Gasteiger partial charge is 0.0556 e. The fourth-order valence-electron chi connectivity index (χ4n) is 0.948. The molecule has 0 rings (SSSR count). The molecule has 0 saturated carbocycles. The Morgan fingerprint density at radius 1 is 1.58 bits per heavy atom. The lowest BCUT2D eigenvalue weighted by Gasteiger charge is -2.28. The average Bonchev–Trinajstić information content (AvgIpc) is 2.11. The van der Waals surface area contributed by atoms with E-state index in [2.05, 4.69) is 5.32 Å². The molecule has 4 N–H and O–H groups in total. The Balaban J connectivity index is 3.70. The average molecular weight is 176 g/mol. The first-order valence-corrected chi connectivity index (χ1v) is 4.23. The molecule has 1 atom stereocenters. The van der Waals surface area contributed by atoms with Gasteiger partial charge in [-0.2, -0.15) is 0 Å². The summed E-state index contributed by atoms with van der Waals surface area (Å²) in [6.45, 7) is 3.99. The van der Waals surface area contributed by atoms with Gasteiger partial charge in [0, 0.05) is 32.3 Å². The van der Waals surface area contributed by atoms with Crippen LogP contribution in [0.4, 0.5) is 0 Å². The third-order valence-corrected chi connectivity index (χ3v) is 1.97. The first kappa shape index (κ1) is 11.8. The highest BCUT2D eigenvalue weighted by Crippen LogP contribution is 2.06. The summed E-state index contributed by atoms with van der Waals surface area (Å²) in [5.74, 6) is 0. The van der Waals surface area contributed by atoms with Crippen molar-refractivity contribution in [3.63, 3.8) is 0 Å². The second-order valence-electron chi connectivity index (χ2n) is 3.16. The van der Waals surface area contributed by atoms with Crippen molar-refractivity contribution < 1.29 is 9.84 Å². The topological polar surface area (TPSA) is 67.5 Å². The van der Waals surface area contributed by atoms with Gasteiger partial charge >= 0.3 is 0 Å². The molecule has 0 heterocycles. The van der Waals surface area contributed by atoms with Crippen LogP contribution in [0.5, 0.6) is 0 Å². The van der Waals surface area contributed by atoms with E-state index in [0.29, 0.717) is 19.7 Å². The van der Waals surface area contributed by atoms with E-state index in [1.54, 1.807) is 7.11 Å². The minimum atomic E-state index is -0.112. The Hall–Kier alpha value is -0.160. The Morgan fingerprint density at radius 3 is 2.67 bits per heavy atom. The maximum absolute atomic E-state index is 8.62. The van der Waals surface area contributed by atoms with Crippen LogP contribution in [0, 0.1) is 0 Å². The maximum Gasteiger partial charge on any atom is 0.0556 e. The molecule has 0 aromatic rings. The Morgan fingerprint density at radius 2 is 2.25 bits per heavy atom. The SMILES string of the molecule is COCCC(C)(CN)NCCO. The lowest BCUT2D eigenvalue weighted by molar-refractivity contribution is 0.157. The number of hydrogen-bond acceptors (Lipinski definition) is 4. The summed E-state index contributed by atoms with van der Waals surface area (Å²) in [6.07, 6.45) is 0.861. The lowest BCUT2D eigenvalue weighted by Crippen LogP contribution is -2.50. The number of methoxy groups -OCH3 is 1. The molecule has 1 unspecified atom stereocenters. The van der Waals surface area contributed by atoms with Crippen LogP contribution in [0.25, 0.3) is 0 Å². The molecule has 4 heteroatoms. The molecular weight excluding hydrogens is 156 g/mol. The van der Waals surface area contributed by atoms with Crippen LogP contribution in [-0.2, 0) is 4.74 Å². The molecule has 12 heavy (non-hydrogen) atoms. The van der Waals surface area contributed by atoms with Gasteiger partial charge in [-0.15, -0.1) is 0 Å². The van der Waals surface area contributed by atoms with Gasteiger partial charge in [0.2, 0.25) is 0 Å². The number of rotatable bonds is 7. The summed E-state index contributed by atoms with van der Waals surface area (Å²) in [4.78, 5) is 0. The third kappa shape index (κ3) is 4.66. The zero-order chi connectivity index (χ0) is 9.45. The minimum Gasteiger partial charge on any atom is -0.395 e. The molecule has 0 aliphatic heterocycles. The van der Waals surface area contributed by atoms with Crippen LogP contribution in [0.3, 0.4) is 0 Å². The van der Waals surface area contributed by atoms with Crippen molar-refractivity contribution >= 4 is 0 Å². The van der Waals surface area contributed by atoms with Gasteiger partial charge in [-0.25, -0.2) is 0 Å². The number of aliphatic hydroxyl groups excluding tert-OH is 1. The van der Waals surface area contributed by atoms with Gasteiger partial charge in [0.25, 0.3) is 0 Å². The van der Waals surface area contributed by atoms with Crippen LogP contribution in [-0.4, -0.2) is 44.1 Å². The molecule has 4 nitrogen and oxygen atoms in total. The van der Waals surface area contributed by atoms with E-state index in [0.717, 1.165) is 6.42 Å². The minimum absolute atomic E-state index is 0.112. The van der Waals surface area contributed by atoms with Crippen molar-refractivity contribution in [1.82, 2.24) is 5.32 Å². The number of hydrogen-bond donors (Lipinski definition) is 3. The van der Waals surface area contributed by atoms with Gasteiger partial charge in [-0.05, 0) is 13.3 Å². The Bertz CT molecular complexity index is 101. The van der Waals surface area contributed by atoms with Crippen molar-refractivity contribution in [3.8, 4) is 0 Å². The number of aliphatic hydroxyl groups is 1. The second-order valence-corrected chi connectivity index (χ2v) is 3.16. The van der Waals surface area contributed by atoms with Crippen LogP contribution in [0.2, 0.25) is 0 Å². The molecule has 0 fully saturated rings. The standard InChI is InChI=1S/C8H20N2O2/c1-8(7-9,3-6-12-2)10-4-5-11/h10-11H,3-7,9H2,1-2H3. The largest absolute Gasteiger partial charge is 0.395 e. The number of nitrogens with one attached hydrogen (secondary N) is 1. The summed E-state index contributed by atoms with van der Waals surface area (Å²) in [7, 11) is 1.67. The molecule has 0 aliphatic rings. The summed E-state index contributed by atoms with van der Waals surface area (Å²) >= 11 is 0. The molecule has 74 valence electrons. The number of nitrogens with two attached hydrogens (primary N) is 1. The Kier molecular flexibility index (Phi) is 6.28. The molecular formula is C8H20N2O2. The van der Waals surface area contributed by atoms with E-state index in [1.165, 1.54) is 0 Å². The Labute approximate surface area is 74.1 Å². The normalized spacial score (nSPS) is 16.0. The van der Waals surface area contributed by atoms with Crippen LogP contribution < -0.4 is 11.1 Å². The highest BCUT2D eigenvalue weighted by atomic mass is 16.5. The molecule has 0 aliphatic carbocycles. The van der Waals surface area contributed by atoms with Gasteiger partial charge in [0.05, 0.1) is 6.61 Å². The number of β-amino-alcohol motifs (C(OH)–C–C–N with tert-alkyl or cyclic N) is 1. The van der Waals surface area contributed by atoms with Crippen molar-refractivity contribution in [3.05, 3.63) is 0 Å². The predicted molar refractivity (Wildman–Crippen MR) is 49.0 cm³/mol. The molecule has 0 saturated heterocycles. The summed E-state index contributed by atoms with van der Waals surface area (Å²) in [5, 5.41) is 11.8. The van der Waals surface area contributed by atoms with E-state index in [4.69, 9.17) is 15.6 Å². The molecule has 0 radical (unpaired) electrons. The van der Waals surface area contributed by atoms with Crippen LogP contribution in [0.15, 0.2) is 0 Å². The van der Waals surface area contributed by atoms with Crippen molar-refractivity contribution in [1.29, 1.82) is 0 Å². The van der Waals surface area contributed by atoms with Crippen molar-refractivity contribution in [2.45, 2.75) is 18.9 Å². The maximum atomic E-state index is 8.62. The van der Waals surface area contributed by atoms with Gasteiger partial charge < -0.3 is 20.9 Å². The van der Waals surface area contributed by atoms with Gasteiger partial charge in [0.15, 0.2) is 0 Å². The van der Waals surface area contributed by atoms with E-state index in [9.17, 15) is 0 Å². The van der Waals surface area contributed by atoms with Gasteiger partial charge in [0.1, 0.15) is 0 Å². The van der Waals surface area contributed by atoms with E-state index >= 15 is 0 Å². The molecule has 0 spiro atoms. The lowest BCUT2D eigenvalue weighted by atomic mass is 9.99. The molecule has 0 amide bonds. The van der Waals surface area contributed by atoms with Crippen molar-refractivity contribution in [2.75, 3.05) is 33.4 Å². The predicted octanol–water partition coefficient (Wildman–Crippen LogP) is -0.678. The van der Waals surface area contributed by atoms with Gasteiger partial charge in [-0.3, -0.25) is 0 Å².